The van der Waals surface area contributed by atoms with Crippen molar-refractivity contribution in [2.24, 2.45) is 0 Å². The Morgan fingerprint density at radius 3 is 2.53 bits per heavy atom. The van der Waals surface area contributed by atoms with Crippen LogP contribution in [0.25, 0.3) is 0 Å². The normalized spacial score (nSPS) is 13.7. The number of benzene rings is 1. The molecule has 0 saturated carbocycles. The number of rotatable bonds is 6. The van der Waals surface area contributed by atoms with Crippen LogP contribution in [0, 0.1) is 13.8 Å². The quantitative estimate of drug-likeness (QED) is 0.858. The van der Waals surface area contributed by atoms with Crippen molar-refractivity contribution in [2.75, 3.05) is 13.7 Å². The van der Waals surface area contributed by atoms with E-state index < -0.39 is 6.10 Å². The minimum absolute atomic E-state index is 0.0247. The summed E-state index contributed by atoms with van der Waals surface area (Å²) < 4.78 is 10.6. The van der Waals surface area contributed by atoms with Gasteiger partial charge in [-0.1, -0.05) is 6.07 Å². The molecule has 0 fully saturated rings. The lowest BCUT2D eigenvalue weighted by Gasteiger charge is -2.18. The molecule has 0 saturated heterocycles. The summed E-state index contributed by atoms with van der Waals surface area (Å²) in [6, 6.07) is 5.79. The zero-order valence-corrected chi connectivity index (χ0v) is 12.3. The summed E-state index contributed by atoms with van der Waals surface area (Å²) in [6.45, 7) is 8.19. The number of carbonyl (C=O) groups excluding carboxylic acids is 1. The molecule has 2 atom stereocenters. The van der Waals surface area contributed by atoms with E-state index in [0.29, 0.717) is 12.4 Å². The fourth-order valence-corrected chi connectivity index (χ4v) is 1.70. The lowest BCUT2D eigenvalue weighted by atomic mass is 10.1. The zero-order valence-electron chi connectivity index (χ0n) is 12.3. The van der Waals surface area contributed by atoms with Gasteiger partial charge in [0.15, 0.2) is 6.10 Å². The first kappa shape index (κ1) is 15.5. The monoisotopic (exact) mass is 265 g/mol. The average molecular weight is 265 g/mol. The SMILES string of the molecule is COC[C@H](C)NC(=O)[C@@H](C)Oc1ccc(C)c(C)c1. The van der Waals surface area contributed by atoms with Crippen molar-refractivity contribution >= 4 is 5.91 Å². The maximum Gasteiger partial charge on any atom is 0.261 e. The van der Waals surface area contributed by atoms with Crippen molar-refractivity contribution < 1.29 is 14.3 Å². The van der Waals surface area contributed by atoms with E-state index in [-0.39, 0.29) is 11.9 Å². The molecule has 19 heavy (non-hydrogen) atoms. The summed E-state index contributed by atoms with van der Waals surface area (Å²) >= 11 is 0. The van der Waals surface area contributed by atoms with Crippen molar-refractivity contribution in [3.05, 3.63) is 29.3 Å². The molecule has 0 spiro atoms. The third-order valence-corrected chi connectivity index (χ3v) is 2.97. The van der Waals surface area contributed by atoms with Crippen molar-refractivity contribution in [1.29, 1.82) is 0 Å². The van der Waals surface area contributed by atoms with Gasteiger partial charge < -0.3 is 14.8 Å². The molecule has 0 heterocycles. The molecule has 0 aliphatic rings. The van der Waals surface area contributed by atoms with Crippen LogP contribution in [0.1, 0.15) is 25.0 Å². The first-order valence-electron chi connectivity index (χ1n) is 6.47. The third kappa shape index (κ3) is 4.91. The molecule has 1 amide bonds. The van der Waals surface area contributed by atoms with Crippen molar-refractivity contribution in [1.82, 2.24) is 5.32 Å². The molecule has 0 bridgehead atoms. The van der Waals surface area contributed by atoms with Gasteiger partial charge in [0.2, 0.25) is 0 Å². The maximum atomic E-state index is 11.9. The second kappa shape index (κ2) is 7.14. The van der Waals surface area contributed by atoms with Gasteiger partial charge in [-0.25, -0.2) is 0 Å². The predicted octanol–water partition coefficient (Wildman–Crippen LogP) is 2.22. The largest absolute Gasteiger partial charge is 0.481 e. The number of ether oxygens (including phenoxy) is 2. The van der Waals surface area contributed by atoms with Crippen LogP contribution < -0.4 is 10.1 Å². The Labute approximate surface area is 115 Å². The molecular formula is C15H23NO3. The molecular weight excluding hydrogens is 242 g/mol. The highest BCUT2D eigenvalue weighted by atomic mass is 16.5. The maximum absolute atomic E-state index is 11.9. The molecule has 106 valence electrons. The highest BCUT2D eigenvalue weighted by Crippen LogP contribution is 2.17. The van der Waals surface area contributed by atoms with Gasteiger partial charge in [0.1, 0.15) is 5.75 Å². The number of hydrogen-bond donors (Lipinski definition) is 1. The van der Waals surface area contributed by atoms with Gasteiger partial charge in [-0.15, -0.1) is 0 Å². The zero-order chi connectivity index (χ0) is 14.4. The molecule has 1 N–H and O–H groups in total. The van der Waals surface area contributed by atoms with E-state index in [9.17, 15) is 4.79 Å². The summed E-state index contributed by atoms with van der Waals surface area (Å²) in [5.41, 5.74) is 2.36. The molecule has 4 nitrogen and oxygen atoms in total. The number of nitrogens with one attached hydrogen (secondary N) is 1. The van der Waals surface area contributed by atoms with Crippen molar-refractivity contribution in [3.63, 3.8) is 0 Å². The van der Waals surface area contributed by atoms with Crippen molar-refractivity contribution in [3.8, 4) is 5.75 Å². The highest BCUT2D eigenvalue weighted by molar-refractivity contribution is 5.81. The van der Waals surface area contributed by atoms with Crippen LogP contribution in [0.4, 0.5) is 0 Å². The van der Waals surface area contributed by atoms with Crippen LogP contribution in [0.2, 0.25) is 0 Å². The molecule has 0 unspecified atom stereocenters. The van der Waals surface area contributed by atoms with E-state index in [1.165, 1.54) is 5.56 Å². The summed E-state index contributed by atoms with van der Waals surface area (Å²) in [6.07, 6.45) is -0.526. The van der Waals surface area contributed by atoms with Gasteiger partial charge in [0.05, 0.1) is 6.61 Å². The smallest absolute Gasteiger partial charge is 0.261 e. The Balaban J connectivity index is 2.56. The molecule has 0 radical (unpaired) electrons. The predicted molar refractivity (Wildman–Crippen MR) is 75.5 cm³/mol. The van der Waals surface area contributed by atoms with E-state index in [0.717, 1.165) is 5.56 Å². The fraction of sp³-hybridized carbons (Fsp3) is 0.533. The Kier molecular flexibility index (Phi) is 5.83. The van der Waals surface area contributed by atoms with E-state index in [1.807, 2.05) is 39.0 Å². The number of carbonyl (C=O) groups is 1. The summed E-state index contributed by atoms with van der Waals surface area (Å²) in [5.74, 6) is 0.577. The second-order valence-corrected chi connectivity index (χ2v) is 4.87. The number of aryl methyl sites for hydroxylation is 2. The van der Waals surface area contributed by atoms with E-state index >= 15 is 0 Å². The average Bonchev–Trinajstić information content (AvgIpc) is 2.34. The minimum Gasteiger partial charge on any atom is -0.481 e. The van der Waals surface area contributed by atoms with Crippen LogP contribution in [-0.4, -0.2) is 31.8 Å². The molecule has 1 rings (SSSR count). The first-order valence-corrected chi connectivity index (χ1v) is 6.47. The highest BCUT2D eigenvalue weighted by Gasteiger charge is 2.16. The van der Waals surface area contributed by atoms with Gasteiger partial charge in [0.25, 0.3) is 5.91 Å². The fourth-order valence-electron chi connectivity index (χ4n) is 1.70. The molecule has 4 heteroatoms. The number of methoxy groups -OCH3 is 1. The Morgan fingerprint density at radius 1 is 1.26 bits per heavy atom. The second-order valence-electron chi connectivity index (χ2n) is 4.87. The van der Waals surface area contributed by atoms with E-state index in [1.54, 1.807) is 14.0 Å². The van der Waals surface area contributed by atoms with Crippen LogP contribution >= 0.6 is 0 Å². The van der Waals surface area contributed by atoms with Gasteiger partial charge in [-0.3, -0.25) is 4.79 Å². The standard InChI is InChI=1S/C15H23NO3/c1-10-6-7-14(8-11(10)2)19-13(4)15(17)16-12(3)9-18-5/h6-8,12-13H,9H2,1-5H3,(H,16,17)/t12-,13+/m0/s1. The number of amides is 1. The van der Waals surface area contributed by atoms with Gasteiger partial charge in [-0.2, -0.15) is 0 Å². The lowest BCUT2D eigenvalue weighted by Crippen LogP contribution is -2.43. The van der Waals surface area contributed by atoms with Crippen LogP contribution in [0.15, 0.2) is 18.2 Å². The molecule has 1 aromatic rings. The third-order valence-electron chi connectivity index (χ3n) is 2.97. The Morgan fingerprint density at radius 2 is 1.95 bits per heavy atom. The van der Waals surface area contributed by atoms with Gasteiger partial charge in [-0.05, 0) is 51.0 Å². The van der Waals surface area contributed by atoms with E-state index in [4.69, 9.17) is 9.47 Å². The number of hydrogen-bond acceptors (Lipinski definition) is 3. The van der Waals surface area contributed by atoms with Crippen molar-refractivity contribution in [2.45, 2.75) is 39.8 Å². The Hall–Kier alpha value is -1.55. The summed E-state index contributed by atoms with van der Waals surface area (Å²) in [4.78, 5) is 11.9. The summed E-state index contributed by atoms with van der Waals surface area (Å²) in [5, 5.41) is 2.84. The van der Waals surface area contributed by atoms with Crippen LogP contribution in [0.3, 0.4) is 0 Å². The summed E-state index contributed by atoms with van der Waals surface area (Å²) in [7, 11) is 1.61. The molecule has 0 aliphatic heterocycles. The van der Waals surface area contributed by atoms with E-state index in [2.05, 4.69) is 5.32 Å². The van der Waals surface area contributed by atoms with Crippen LogP contribution in [-0.2, 0) is 9.53 Å². The van der Waals surface area contributed by atoms with Gasteiger partial charge in [0, 0.05) is 13.2 Å². The minimum atomic E-state index is -0.526. The first-order chi connectivity index (χ1) is 8.93. The van der Waals surface area contributed by atoms with Gasteiger partial charge >= 0.3 is 0 Å². The lowest BCUT2D eigenvalue weighted by molar-refractivity contribution is -0.128. The topological polar surface area (TPSA) is 47.6 Å². The molecule has 1 aromatic carbocycles. The Bertz CT molecular complexity index is 431. The molecule has 0 aromatic heterocycles. The van der Waals surface area contributed by atoms with Crippen LogP contribution in [0.5, 0.6) is 5.75 Å². The molecule has 0 aliphatic carbocycles.